The van der Waals surface area contributed by atoms with E-state index in [1.54, 1.807) is 12.1 Å². The molecule has 0 bridgehead atoms. The zero-order valence-electron chi connectivity index (χ0n) is 12.0. The Hall–Kier alpha value is -0.950. The first kappa shape index (κ1) is 15.4. The van der Waals surface area contributed by atoms with Crippen LogP contribution in [-0.2, 0) is 27.7 Å². The van der Waals surface area contributed by atoms with Crippen LogP contribution in [0.15, 0.2) is 23.1 Å². The Morgan fingerprint density at radius 3 is 2.75 bits per heavy atom. The highest BCUT2D eigenvalue weighted by atomic mass is 32.2. The van der Waals surface area contributed by atoms with Crippen LogP contribution < -0.4 is 5.73 Å². The standard InChI is InChI=1S/C14H22N2O3S/c1-3-12-4-5-14(8-13(12)9-15)20(17,18)16-6-7-19-10-11(16)2/h4-5,8,11H,3,6-7,9-10,15H2,1-2H3. The predicted molar refractivity (Wildman–Crippen MR) is 77.9 cm³/mol. The van der Waals surface area contributed by atoms with Crippen LogP contribution in [0.25, 0.3) is 0 Å². The van der Waals surface area contributed by atoms with Crippen LogP contribution in [0, 0.1) is 0 Å². The molecule has 0 spiro atoms. The second kappa shape index (κ2) is 6.22. The third kappa shape index (κ3) is 2.88. The number of nitrogens with zero attached hydrogens (tertiary/aromatic N) is 1. The van der Waals surface area contributed by atoms with E-state index in [2.05, 4.69) is 0 Å². The van der Waals surface area contributed by atoms with Gasteiger partial charge in [0.05, 0.1) is 18.1 Å². The topological polar surface area (TPSA) is 72.6 Å². The Balaban J connectivity index is 2.38. The quantitative estimate of drug-likeness (QED) is 0.904. The summed E-state index contributed by atoms with van der Waals surface area (Å²) in [5.41, 5.74) is 7.71. The van der Waals surface area contributed by atoms with E-state index < -0.39 is 10.0 Å². The molecular weight excluding hydrogens is 276 g/mol. The van der Waals surface area contributed by atoms with Crippen molar-refractivity contribution in [3.8, 4) is 0 Å². The van der Waals surface area contributed by atoms with Gasteiger partial charge in [0.25, 0.3) is 0 Å². The van der Waals surface area contributed by atoms with Gasteiger partial charge >= 0.3 is 0 Å². The Bertz CT molecular complexity index is 572. The van der Waals surface area contributed by atoms with Gasteiger partial charge in [-0.15, -0.1) is 0 Å². The van der Waals surface area contributed by atoms with Crippen molar-refractivity contribution in [2.75, 3.05) is 19.8 Å². The molecule has 20 heavy (non-hydrogen) atoms. The second-order valence-electron chi connectivity index (χ2n) is 5.03. The molecule has 1 fully saturated rings. The van der Waals surface area contributed by atoms with Gasteiger partial charge in [0.15, 0.2) is 0 Å². The van der Waals surface area contributed by atoms with Gasteiger partial charge in [0.2, 0.25) is 10.0 Å². The number of rotatable bonds is 4. The average Bonchev–Trinajstić information content (AvgIpc) is 2.46. The van der Waals surface area contributed by atoms with Crippen molar-refractivity contribution in [2.45, 2.75) is 37.8 Å². The molecule has 6 heteroatoms. The van der Waals surface area contributed by atoms with E-state index in [-0.39, 0.29) is 6.04 Å². The van der Waals surface area contributed by atoms with Gasteiger partial charge in [-0.05, 0) is 36.6 Å². The Kier molecular flexibility index (Phi) is 4.80. The SMILES string of the molecule is CCc1ccc(S(=O)(=O)N2CCOCC2C)cc1CN. The lowest BCUT2D eigenvalue weighted by atomic mass is 10.1. The molecule has 5 nitrogen and oxygen atoms in total. The summed E-state index contributed by atoms with van der Waals surface area (Å²) in [6.07, 6.45) is 0.848. The largest absolute Gasteiger partial charge is 0.378 e. The minimum Gasteiger partial charge on any atom is -0.378 e. The van der Waals surface area contributed by atoms with Crippen LogP contribution in [0.2, 0.25) is 0 Å². The van der Waals surface area contributed by atoms with E-state index >= 15 is 0 Å². The molecule has 0 aliphatic carbocycles. The molecule has 1 aliphatic rings. The molecule has 1 aromatic carbocycles. The molecule has 0 amide bonds. The number of hydrogen-bond donors (Lipinski definition) is 1. The zero-order chi connectivity index (χ0) is 14.8. The summed E-state index contributed by atoms with van der Waals surface area (Å²) < 4.78 is 32.2. The minimum atomic E-state index is -3.47. The number of aryl methyl sites for hydroxylation is 1. The summed E-state index contributed by atoms with van der Waals surface area (Å²) in [4.78, 5) is 0.323. The van der Waals surface area contributed by atoms with Crippen molar-refractivity contribution >= 4 is 10.0 Å². The molecular formula is C14H22N2O3S. The molecule has 1 heterocycles. The molecule has 1 aliphatic heterocycles. The van der Waals surface area contributed by atoms with Gasteiger partial charge in [-0.1, -0.05) is 13.0 Å². The third-order valence-electron chi connectivity index (χ3n) is 3.69. The van der Waals surface area contributed by atoms with Crippen molar-refractivity contribution in [1.29, 1.82) is 0 Å². The Morgan fingerprint density at radius 2 is 2.15 bits per heavy atom. The van der Waals surface area contributed by atoms with Crippen molar-refractivity contribution in [3.63, 3.8) is 0 Å². The first-order valence-electron chi connectivity index (χ1n) is 6.92. The van der Waals surface area contributed by atoms with Crippen LogP contribution in [0.4, 0.5) is 0 Å². The molecule has 1 aromatic rings. The van der Waals surface area contributed by atoms with E-state index in [9.17, 15) is 8.42 Å². The fourth-order valence-corrected chi connectivity index (χ4v) is 4.15. The summed E-state index contributed by atoms with van der Waals surface area (Å²) >= 11 is 0. The molecule has 1 atom stereocenters. The normalized spacial score (nSPS) is 21.1. The number of benzene rings is 1. The minimum absolute atomic E-state index is 0.138. The van der Waals surface area contributed by atoms with Crippen LogP contribution >= 0.6 is 0 Å². The first-order valence-corrected chi connectivity index (χ1v) is 8.36. The first-order chi connectivity index (χ1) is 9.50. The van der Waals surface area contributed by atoms with E-state index in [4.69, 9.17) is 10.5 Å². The molecule has 2 rings (SSSR count). The fraction of sp³-hybridized carbons (Fsp3) is 0.571. The summed E-state index contributed by atoms with van der Waals surface area (Å²) in [5.74, 6) is 0. The van der Waals surface area contributed by atoms with Gasteiger partial charge in [0.1, 0.15) is 0 Å². The lowest BCUT2D eigenvalue weighted by Crippen LogP contribution is -2.46. The van der Waals surface area contributed by atoms with Crippen molar-refractivity contribution in [1.82, 2.24) is 4.31 Å². The van der Waals surface area contributed by atoms with E-state index in [1.807, 2.05) is 19.9 Å². The predicted octanol–water partition coefficient (Wildman–Crippen LogP) is 1.12. The summed E-state index contributed by atoms with van der Waals surface area (Å²) in [6, 6.07) is 5.10. The van der Waals surface area contributed by atoms with Gasteiger partial charge in [-0.3, -0.25) is 0 Å². The molecule has 0 aromatic heterocycles. The maximum Gasteiger partial charge on any atom is 0.243 e. The monoisotopic (exact) mass is 298 g/mol. The van der Waals surface area contributed by atoms with Crippen LogP contribution in [-0.4, -0.2) is 38.5 Å². The van der Waals surface area contributed by atoms with E-state index in [0.29, 0.717) is 31.2 Å². The summed E-state index contributed by atoms with van der Waals surface area (Å²) in [5, 5.41) is 0. The molecule has 0 saturated carbocycles. The molecule has 112 valence electrons. The Labute approximate surface area is 120 Å². The zero-order valence-corrected chi connectivity index (χ0v) is 12.8. The lowest BCUT2D eigenvalue weighted by molar-refractivity contribution is 0.0392. The van der Waals surface area contributed by atoms with Gasteiger partial charge < -0.3 is 10.5 Å². The van der Waals surface area contributed by atoms with Gasteiger partial charge in [0, 0.05) is 19.1 Å². The summed E-state index contributed by atoms with van der Waals surface area (Å²) in [7, 11) is -3.47. The third-order valence-corrected chi connectivity index (χ3v) is 5.70. The van der Waals surface area contributed by atoms with Gasteiger partial charge in [-0.25, -0.2) is 8.42 Å². The second-order valence-corrected chi connectivity index (χ2v) is 6.92. The van der Waals surface area contributed by atoms with Crippen LogP contribution in [0.3, 0.4) is 0 Å². The lowest BCUT2D eigenvalue weighted by Gasteiger charge is -2.32. The molecule has 0 radical (unpaired) electrons. The van der Waals surface area contributed by atoms with Gasteiger partial charge in [-0.2, -0.15) is 4.31 Å². The van der Waals surface area contributed by atoms with Crippen LogP contribution in [0.1, 0.15) is 25.0 Å². The molecule has 2 N–H and O–H groups in total. The number of nitrogens with two attached hydrogens (primary N) is 1. The smallest absolute Gasteiger partial charge is 0.243 e. The van der Waals surface area contributed by atoms with Crippen molar-refractivity contribution in [2.24, 2.45) is 5.73 Å². The highest BCUT2D eigenvalue weighted by molar-refractivity contribution is 7.89. The highest BCUT2D eigenvalue weighted by Gasteiger charge is 2.31. The summed E-state index contributed by atoms with van der Waals surface area (Å²) in [6.45, 7) is 5.53. The molecule has 1 saturated heterocycles. The van der Waals surface area contributed by atoms with E-state index in [1.165, 1.54) is 4.31 Å². The number of morpholine rings is 1. The number of sulfonamides is 1. The average molecular weight is 298 g/mol. The van der Waals surface area contributed by atoms with Crippen molar-refractivity contribution < 1.29 is 13.2 Å². The number of hydrogen-bond acceptors (Lipinski definition) is 4. The maximum atomic E-state index is 12.7. The van der Waals surface area contributed by atoms with Crippen molar-refractivity contribution in [3.05, 3.63) is 29.3 Å². The van der Waals surface area contributed by atoms with E-state index in [0.717, 1.165) is 17.5 Å². The fourth-order valence-electron chi connectivity index (χ4n) is 2.50. The number of ether oxygens (including phenoxy) is 1. The van der Waals surface area contributed by atoms with Crippen LogP contribution in [0.5, 0.6) is 0 Å². The maximum absolute atomic E-state index is 12.7. The Morgan fingerprint density at radius 1 is 1.40 bits per heavy atom. The molecule has 1 unspecified atom stereocenters. The highest BCUT2D eigenvalue weighted by Crippen LogP contribution is 2.23.